The number of rotatable bonds is 10. The second kappa shape index (κ2) is 15.2. The number of nitrogens with two attached hydrogens (primary N) is 1. The van der Waals surface area contributed by atoms with Gasteiger partial charge in [-0.1, -0.05) is 32.6 Å². The van der Waals surface area contributed by atoms with Crippen LogP contribution in [0, 0.1) is 5.92 Å². The van der Waals surface area contributed by atoms with Gasteiger partial charge in [-0.2, -0.15) is 0 Å². The van der Waals surface area contributed by atoms with Crippen LogP contribution in [0.3, 0.4) is 0 Å². The molecule has 0 aromatic carbocycles. The predicted octanol–water partition coefficient (Wildman–Crippen LogP) is 2.75. The zero-order valence-electron chi connectivity index (χ0n) is 14.1. The first-order valence-electron chi connectivity index (χ1n) is 8.29. The van der Waals surface area contributed by atoms with E-state index in [1.54, 1.807) is 7.11 Å². The Bertz CT molecular complexity index is 263. The van der Waals surface area contributed by atoms with Crippen LogP contribution in [-0.2, 0) is 19.0 Å². The summed E-state index contributed by atoms with van der Waals surface area (Å²) < 4.78 is 15.7. The highest BCUT2D eigenvalue weighted by Gasteiger charge is 2.25. The Morgan fingerprint density at radius 3 is 2.59 bits per heavy atom. The van der Waals surface area contributed by atoms with Gasteiger partial charge in [0.2, 0.25) is 0 Å². The molecule has 1 rings (SSSR count). The molecule has 22 heavy (non-hydrogen) atoms. The van der Waals surface area contributed by atoms with Crippen molar-refractivity contribution in [2.75, 3.05) is 27.1 Å². The third-order valence-corrected chi connectivity index (χ3v) is 3.54. The number of carboxylic acids is 1. The van der Waals surface area contributed by atoms with Crippen LogP contribution in [0.1, 0.15) is 58.3 Å². The number of unbranched alkanes of at least 4 members (excludes halogenated alkanes) is 4. The Balaban J connectivity index is 0.000000409. The van der Waals surface area contributed by atoms with Crippen LogP contribution in [-0.4, -0.2) is 44.4 Å². The Hall–Kier alpha value is -0.690. The minimum atomic E-state index is -0.701. The van der Waals surface area contributed by atoms with Crippen LogP contribution in [0.5, 0.6) is 0 Å². The lowest BCUT2D eigenvalue weighted by atomic mass is 10.0. The molecule has 2 atom stereocenters. The summed E-state index contributed by atoms with van der Waals surface area (Å²) in [5, 5.41) is 8.25. The number of hydrogen-bond acceptors (Lipinski definition) is 5. The fraction of sp³-hybridized carbons (Fsp3) is 0.938. The molecule has 1 fully saturated rings. The van der Waals surface area contributed by atoms with Gasteiger partial charge in [0, 0.05) is 19.4 Å². The molecule has 0 amide bonds. The summed E-state index contributed by atoms with van der Waals surface area (Å²) in [4.78, 5) is 10.0. The van der Waals surface area contributed by atoms with Crippen molar-refractivity contribution in [3.8, 4) is 0 Å². The molecule has 0 aliphatic carbocycles. The van der Waals surface area contributed by atoms with E-state index >= 15 is 0 Å². The van der Waals surface area contributed by atoms with Gasteiger partial charge in [0.05, 0.1) is 6.61 Å². The molecule has 1 saturated heterocycles. The van der Waals surface area contributed by atoms with E-state index in [4.69, 9.17) is 25.1 Å². The topological polar surface area (TPSA) is 91.0 Å². The quantitative estimate of drug-likeness (QED) is 0.602. The molecule has 0 radical (unpaired) electrons. The number of aliphatic carboxylic acids is 1. The lowest BCUT2D eigenvalue weighted by Gasteiger charge is -2.30. The Kier molecular flexibility index (Phi) is 14.7. The SMILES string of the molecule is CCCCC1COCOC1OC.NCCCCCCC(=O)O. The van der Waals surface area contributed by atoms with Crippen molar-refractivity contribution >= 4 is 5.97 Å². The van der Waals surface area contributed by atoms with Crippen molar-refractivity contribution < 1.29 is 24.1 Å². The summed E-state index contributed by atoms with van der Waals surface area (Å²) in [6.07, 6.45) is 7.66. The van der Waals surface area contributed by atoms with Crippen molar-refractivity contribution in [1.29, 1.82) is 0 Å². The first-order chi connectivity index (χ1) is 10.7. The van der Waals surface area contributed by atoms with E-state index in [1.165, 1.54) is 12.8 Å². The zero-order valence-corrected chi connectivity index (χ0v) is 14.1. The smallest absolute Gasteiger partial charge is 0.303 e. The average molecular weight is 319 g/mol. The summed E-state index contributed by atoms with van der Waals surface area (Å²) in [5.74, 6) is -0.281. The molecule has 0 aromatic heterocycles. The molecule has 0 bridgehead atoms. The summed E-state index contributed by atoms with van der Waals surface area (Å²) in [5.41, 5.74) is 5.25. The Morgan fingerprint density at radius 2 is 2.00 bits per heavy atom. The van der Waals surface area contributed by atoms with E-state index in [0.717, 1.165) is 38.7 Å². The summed E-state index contributed by atoms with van der Waals surface area (Å²) in [6.45, 7) is 4.05. The van der Waals surface area contributed by atoms with Crippen LogP contribution in [0.4, 0.5) is 0 Å². The predicted molar refractivity (Wildman–Crippen MR) is 85.5 cm³/mol. The fourth-order valence-electron chi connectivity index (χ4n) is 2.25. The first kappa shape index (κ1) is 21.3. The minimum Gasteiger partial charge on any atom is -0.481 e. The monoisotopic (exact) mass is 319 g/mol. The van der Waals surface area contributed by atoms with Crippen LogP contribution in [0.15, 0.2) is 0 Å². The molecular formula is C16H33NO5. The Labute approximate surface area is 134 Å². The van der Waals surface area contributed by atoms with E-state index in [-0.39, 0.29) is 6.29 Å². The van der Waals surface area contributed by atoms with Gasteiger partial charge in [-0.15, -0.1) is 0 Å². The van der Waals surface area contributed by atoms with Crippen LogP contribution < -0.4 is 5.73 Å². The van der Waals surface area contributed by atoms with Gasteiger partial charge in [0.1, 0.15) is 6.79 Å². The highest BCUT2D eigenvalue weighted by Crippen LogP contribution is 2.20. The maximum Gasteiger partial charge on any atom is 0.303 e. The third kappa shape index (κ3) is 11.9. The first-order valence-corrected chi connectivity index (χ1v) is 8.29. The standard InChI is InChI=1S/C9H18O3.C7H15NO2/c1-3-4-5-8-6-11-7-12-9(8)10-2;8-6-4-2-1-3-5-7(9)10/h8-9H,3-7H2,1-2H3;1-6,8H2,(H,9,10). The number of carbonyl (C=O) groups is 1. The van der Waals surface area contributed by atoms with Crippen molar-refractivity contribution in [3.05, 3.63) is 0 Å². The highest BCUT2D eigenvalue weighted by molar-refractivity contribution is 5.66. The van der Waals surface area contributed by atoms with Crippen molar-refractivity contribution in [3.63, 3.8) is 0 Å². The fourth-order valence-corrected chi connectivity index (χ4v) is 2.25. The highest BCUT2D eigenvalue weighted by atomic mass is 16.8. The van der Waals surface area contributed by atoms with E-state index in [1.807, 2.05) is 0 Å². The average Bonchev–Trinajstić information content (AvgIpc) is 2.53. The van der Waals surface area contributed by atoms with E-state index in [0.29, 0.717) is 25.7 Å². The lowest BCUT2D eigenvalue weighted by Crippen LogP contribution is -2.35. The maximum absolute atomic E-state index is 10.0. The zero-order chi connectivity index (χ0) is 16.6. The molecule has 0 spiro atoms. The summed E-state index contributed by atoms with van der Waals surface area (Å²) in [7, 11) is 1.69. The van der Waals surface area contributed by atoms with Crippen LogP contribution in [0.2, 0.25) is 0 Å². The normalized spacial score (nSPS) is 21.0. The molecule has 2 unspecified atom stereocenters. The van der Waals surface area contributed by atoms with Gasteiger partial charge in [0.25, 0.3) is 0 Å². The second-order valence-electron chi connectivity index (χ2n) is 5.51. The molecule has 1 aliphatic heterocycles. The van der Waals surface area contributed by atoms with Gasteiger partial charge in [-0.25, -0.2) is 0 Å². The summed E-state index contributed by atoms with van der Waals surface area (Å²) in [6, 6.07) is 0. The van der Waals surface area contributed by atoms with Gasteiger partial charge in [-0.3, -0.25) is 4.79 Å². The van der Waals surface area contributed by atoms with Crippen molar-refractivity contribution in [2.45, 2.75) is 64.6 Å². The Morgan fingerprint density at radius 1 is 1.27 bits per heavy atom. The molecule has 6 heteroatoms. The molecule has 1 aliphatic rings. The van der Waals surface area contributed by atoms with Crippen molar-refractivity contribution in [1.82, 2.24) is 0 Å². The summed E-state index contributed by atoms with van der Waals surface area (Å²) >= 11 is 0. The maximum atomic E-state index is 10.0. The van der Waals surface area contributed by atoms with Crippen molar-refractivity contribution in [2.24, 2.45) is 11.7 Å². The van der Waals surface area contributed by atoms with E-state index in [9.17, 15) is 4.79 Å². The largest absolute Gasteiger partial charge is 0.481 e. The molecule has 1 heterocycles. The van der Waals surface area contributed by atoms with Crippen LogP contribution >= 0.6 is 0 Å². The number of ether oxygens (including phenoxy) is 3. The molecule has 6 nitrogen and oxygen atoms in total. The van der Waals surface area contributed by atoms with Gasteiger partial charge in [-0.05, 0) is 25.8 Å². The molecule has 3 N–H and O–H groups in total. The molecule has 132 valence electrons. The van der Waals surface area contributed by atoms with E-state index in [2.05, 4.69) is 6.92 Å². The number of methoxy groups -OCH3 is 1. The molecular weight excluding hydrogens is 286 g/mol. The minimum absolute atomic E-state index is 0.0506. The third-order valence-electron chi connectivity index (χ3n) is 3.54. The lowest BCUT2D eigenvalue weighted by molar-refractivity contribution is -0.256. The van der Waals surface area contributed by atoms with E-state index < -0.39 is 5.97 Å². The molecule has 0 saturated carbocycles. The molecule has 0 aromatic rings. The van der Waals surface area contributed by atoms with Gasteiger partial charge < -0.3 is 25.1 Å². The van der Waals surface area contributed by atoms with Crippen LogP contribution in [0.25, 0.3) is 0 Å². The van der Waals surface area contributed by atoms with Gasteiger partial charge in [0.15, 0.2) is 6.29 Å². The second-order valence-corrected chi connectivity index (χ2v) is 5.51. The van der Waals surface area contributed by atoms with Gasteiger partial charge >= 0.3 is 5.97 Å². The number of carboxylic acid groups (broad SMARTS) is 1. The number of hydrogen-bond donors (Lipinski definition) is 2.